The van der Waals surface area contributed by atoms with E-state index in [0.717, 1.165) is 43.0 Å². The highest BCUT2D eigenvalue weighted by Crippen LogP contribution is 2.27. The number of carbonyl (C=O) groups excluding carboxylic acids is 1. The Kier molecular flexibility index (Phi) is 8.18. The van der Waals surface area contributed by atoms with E-state index in [2.05, 4.69) is 61.9 Å². The van der Waals surface area contributed by atoms with E-state index in [4.69, 9.17) is 0 Å². The first-order chi connectivity index (χ1) is 16.7. The van der Waals surface area contributed by atoms with Crippen molar-refractivity contribution in [3.05, 3.63) is 54.1 Å². The number of β-amino-alcohol motifs (C(OH)–C–C–N with tert-alkyl or cyclic N) is 1. The Morgan fingerprint density at radius 3 is 2.11 bits per heavy atom. The maximum Gasteiger partial charge on any atom is 0.253 e. The number of nitrogens with zero attached hydrogens (tertiary/aromatic N) is 3. The molecule has 2 aliphatic rings. The van der Waals surface area contributed by atoms with Crippen LogP contribution in [0.2, 0.25) is 0 Å². The van der Waals surface area contributed by atoms with Crippen LogP contribution < -0.4 is 4.90 Å². The molecule has 0 saturated carbocycles. The summed E-state index contributed by atoms with van der Waals surface area (Å²) in [5, 5.41) is 9.87. The smallest absolute Gasteiger partial charge is 0.253 e. The molecule has 190 valence electrons. The maximum absolute atomic E-state index is 12.8. The Bertz CT molecular complexity index is 957. The summed E-state index contributed by atoms with van der Waals surface area (Å²) in [6.07, 6.45) is 3.80. The van der Waals surface area contributed by atoms with Crippen LogP contribution in [0.1, 0.15) is 56.8 Å². The van der Waals surface area contributed by atoms with Gasteiger partial charge in [0, 0.05) is 44.5 Å². The van der Waals surface area contributed by atoms with Crippen molar-refractivity contribution in [3.8, 4) is 11.1 Å². The molecular weight excluding hydrogens is 434 g/mol. The summed E-state index contributed by atoms with van der Waals surface area (Å²) in [7, 11) is 2.20. The molecule has 2 saturated heterocycles. The zero-order chi connectivity index (χ0) is 25.0. The Hall–Kier alpha value is -2.37. The Labute approximate surface area is 211 Å². The zero-order valence-corrected chi connectivity index (χ0v) is 22.0. The van der Waals surface area contributed by atoms with Crippen molar-refractivity contribution in [1.82, 2.24) is 9.80 Å². The van der Waals surface area contributed by atoms with Gasteiger partial charge in [-0.25, -0.2) is 0 Å². The lowest BCUT2D eigenvalue weighted by Crippen LogP contribution is -2.42. The number of benzene rings is 2. The van der Waals surface area contributed by atoms with Gasteiger partial charge < -0.3 is 19.8 Å². The lowest BCUT2D eigenvalue weighted by molar-refractivity contribution is 0.0474. The molecule has 4 rings (SSSR count). The van der Waals surface area contributed by atoms with E-state index in [1.165, 1.54) is 38.2 Å². The number of amides is 1. The summed E-state index contributed by atoms with van der Waals surface area (Å²) >= 11 is 0. The highest BCUT2D eigenvalue weighted by Gasteiger charge is 2.24. The van der Waals surface area contributed by atoms with Gasteiger partial charge in [-0.3, -0.25) is 4.79 Å². The van der Waals surface area contributed by atoms with Gasteiger partial charge in [0.2, 0.25) is 0 Å². The third kappa shape index (κ3) is 7.08. The van der Waals surface area contributed by atoms with Gasteiger partial charge in [-0.2, -0.15) is 0 Å². The average molecular weight is 478 g/mol. The van der Waals surface area contributed by atoms with Crippen LogP contribution in [0.15, 0.2) is 48.5 Å². The molecule has 0 aromatic heterocycles. The number of piperidine rings is 2. The number of aliphatic hydroxyl groups is 1. The minimum Gasteiger partial charge on any atom is -0.391 e. The van der Waals surface area contributed by atoms with Crippen molar-refractivity contribution in [3.63, 3.8) is 0 Å². The van der Waals surface area contributed by atoms with Gasteiger partial charge in [-0.15, -0.1) is 0 Å². The second-order valence-corrected chi connectivity index (χ2v) is 11.8. The number of anilines is 1. The van der Waals surface area contributed by atoms with Gasteiger partial charge in [0.05, 0.1) is 6.10 Å². The molecule has 0 spiro atoms. The fraction of sp³-hybridized carbons (Fsp3) is 0.567. The molecule has 1 amide bonds. The van der Waals surface area contributed by atoms with Gasteiger partial charge >= 0.3 is 0 Å². The van der Waals surface area contributed by atoms with Crippen LogP contribution >= 0.6 is 0 Å². The zero-order valence-electron chi connectivity index (χ0n) is 22.0. The Morgan fingerprint density at radius 1 is 0.943 bits per heavy atom. The van der Waals surface area contributed by atoms with Crippen LogP contribution in [0, 0.1) is 11.3 Å². The SMILES string of the molecule is CN(CC1CCN(CC(C)(C)C)CC1)c1ccc(-c2ccc(C(=O)N3CCC[C@@H](O)C3)cc2)cc1. The van der Waals surface area contributed by atoms with E-state index >= 15 is 0 Å². The largest absolute Gasteiger partial charge is 0.391 e. The van der Waals surface area contributed by atoms with Crippen LogP contribution in [0.4, 0.5) is 5.69 Å². The Morgan fingerprint density at radius 2 is 1.54 bits per heavy atom. The predicted octanol–water partition coefficient (Wildman–Crippen LogP) is 5.14. The van der Waals surface area contributed by atoms with Gasteiger partial charge in [0.15, 0.2) is 0 Å². The summed E-state index contributed by atoms with van der Waals surface area (Å²) in [4.78, 5) is 19.5. The van der Waals surface area contributed by atoms with Crippen LogP contribution in [0.5, 0.6) is 0 Å². The number of hydrogen-bond acceptors (Lipinski definition) is 4. The van der Waals surface area contributed by atoms with Crippen LogP contribution in [0.3, 0.4) is 0 Å². The van der Waals surface area contributed by atoms with Crippen molar-refractivity contribution in [2.45, 2.75) is 52.6 Å². The molecule has 5 heteroatoms. The second-order valence-electron chi connectivity index (χ2n) is 11.8. The average Bonchev–Trinajstić information content (AvgIpc) is 2.84. The summed E-state index contributed by atoms with van der Waals surface area (Å²) in [6.45, 7) is 12.9. The maximum atomic E-state index is 12.8. The fourth-order valence-corrected chi connectivity index (χ4v) is 5.53. The molecule has 1 atom stereocenters. The Balaban J connectivity index is 1.30. The highest BCUT2D eigenvalue weighted by atomic mass is 16.3. The molecule has 2 fully saturated rings. The van der Waals surface area contributed by atoms with Crippen molar-refractivity contribution in [1.29, 1.82) is 0 Å². The lowest BCUT2D eigenvalue weighted by Gasteiger charge is -2.37. The summed E-state index contributed by atoms with van der Waals surface area (Å²) in [5.41, 5.74) is 4.58. The number of rotatable bonds is 6. The molecule has 2 aromatic carbocycles. The molecule has 0 bridgehead atoms. The molecule has 2 aromatic rings. The number of carbonyl (C=O) groups is 1. The molecular formula is C30H43N3O2. The van der Waals surface area contributed by atoms with Gasteiger partial charge in [-0.1, -0.05) is 45.0 Å². The molecule has 0 aliphatic carbocycles. The van der Waals surface area contributed by atoms with E-state index in [1.807, 2.05) is 24.3 Å². The van der Waals surface area contributed by atoms with E-state index in [-0.39, 0.29) is 5.91 Å². The number of hydrogen-bond donors (Lipinski definition) is 1. The van der Waals surface area contributed by atoms with Crippen molar-refractivity contribution >= 4 is 11.6 Å². The molecule has 5 nitrogen and oxygen atoms in total. The molecule has 0 radical (unpaired) electrons. The van der Waals surface area contributed by atoms with Gasteiger partial charge in [-0.05, 0) is 85.5 Å². The monoisotopic (exact) mass is 477 g/mol. The van der Waals surface area contributed by atoms with Crippen LogP contribution in [0.25, 0.3) is 11.1 Å². The van der Waals surface area contributed by atoms with E-state index < -0.39 is 6.10 Å². The fourth-order valence-electron chi connectivity index (χ4n) is 5.53. The first-order valence-corrected chi connectivity index (χ1v) is 13.3. The molecule has 35 heavy (non-hydrogen) atoms. The number of likely N-dealkylation sites (tertiary alicyclic amines) is 2. The summed E-state index contributed by atoms with van der Waals surface area (Å²) < 4.78 is 0. The van der Waals surface area contributed by atoms with Crippen molar-refractivity contribution < 1.29 is 9.90 Å². The topological polar surface area (TPSA) is 47.0 Å². The van der Waals surface area contributed by atoms with E-state index in [0.29, 0.717) is 17.5 Å². The molecule has 0 unspecified atom stereocenters. The standard InChI is InChI=1S/C30H43N3O2/c1-30(2,3)22-32-18-15-23(16-19-32)20-31(4)27-13-11-25(12-14-27)24-7-9-26(10-8-24)29(35)33-17-5-6-28(34)21-33/h7-14,23,28,34H,5-6,15-22H2,1-4H3/t28-/m1/s1. The third-order valence-electron chi connectivity index (χ3n) is 7.39. The lowest BCUT2D eigenvalue weighted by atomic mass is 9.91. The van der Waals surface area contributed by atoms with Crippen LogP contribution in [-0.2, 0) is 0 Å². The third-order valence-corrected chi connectivity index (χ3v) is 7.39. The number of aliphatic hydroxyl groups excluding tert-OH is 1. The minimum absolute atomic E-state index is 0.0107. The molecule has 2 heterocycles. The first kappa shape index (κ1) is 25.7. The van der Waals surface area contributed by atoms with E-state index in [9.17, 15) is 9.90 Å². The highest BCUT2D eigenvalue weighted by molar-refractivity contribution is 5.94. The van der Waals surface area contributed by atoms with Gasteiger partial charge in [0.1, 0.15) is 0 Å². The molecule has 2 aliphatic heterocycles. The summed E-state index contributed by atoms with van der Waals surface area (Å²) in [6, 6.07) is 16.6. The summed E-state index contributed by atoms with van der Waals surface area (Å²) in [5.74, 6) is 0.763. The second kappa shape index (κ2) is 11.1. The normalized spacial score (nSPS) is 20.1. The van der Waals surface area contributed by atoms with Crippen LogP contribution in [-0.4, -0.2) is 73.2 Å². The van der Waals surface area contributed by atoms with E-state index in [1.54, 1.807) is 4.90 Å². The van der Waals surface area contributed by atoms with Crippen molar-refractivity contribution in [2.24, 2.45) is 11.3 Å². The predicted molar refractivity (Wildman–Crippen MR) is 145 cm³/mol. The molecule has 1 N–H and O–H groups in total. The first-order valence-electron chi connectivity index (χ1n) is 13.3. The van der Waals surface area contributed by atoms with Crippen molar-refractivity contribution in [2.75, 3.05) is 51.2 Å². The van der Waals surface area contributed by atoms with Gasteiger partial charge in [0.25, 0.3) is 5.91 Å². The minimum atomic E-state index is -0.398. The quantitative estimate of drug-likeness (QED) is 0.625.